The van der Waals surface area contributed by atoms with Crippen LogP contribution in [0.2, 0.25) is 0 Å². The zero-order valence-corrected chi connectivity index (χ0v) is 12.0. The topological polar surface area (TPSA) is 41.3 Å². The lowest BCUT2D eigenvalue weighted by Gasteiger charge is -2.22. The summed E-state index contributed by atoms with van der Waals surface area (Å²) in [6.45, 7) is 3.84. The van der Waals surface area contributed by atoms with E-state index in [2.05, 4.69) is 35.6 Å². The van der Waals surface area contributed by atoms with Crippen LogP contribution in [0.4, 0.5) is 0 Å². The molecule has 0 fully saturated rings. The normalized spacial score (nSPS) is 13.2. The fraction of sp³-hybridized carbons (Fsp3) is 0.750. The molecule has 0 amide bonds. The average Bonchev–Trinajstić information content (AvgIpc) is 2.74. The van der Waals surface area contributed by atoms with Gasteiger partial charge >= 0.3 is 0 Å². The molecule has 4 nitrogen and oxygen atoms in total. The smallest absolute Gasteiger partial charge is 0.151 e. The fourth-order valence-electron chi connectivity index (χ4n) is 1.61. The number of aromatic nitrogens is 1. The summed E-state index contributed by atoms with van der Waals surface area (Å²) in [4.78, 5) is 2.31. The molecule has 1 aromatic heterocycles. The Bertz CT molecular complexity index is 316. The molecular formula is C12H23N3OS. The molecule has 1 N–H and O–H groups in total. The largest absolute Gasteiger partial charge is 0.360 e. The Morgan fingerprint density at radius 3 is 3.00 bits per heavy atom. The van der Waals surface area contributed by atoms with E-state index in [1.807, 2.05) is 24.9 Å². The van der Waals surface area contributed by atoms with E-state index < -0.39 is 0 Å². The highest BCUT2D eigenvalue weighted by Crippen LogP contribution is 2.11. The van der Waals surface area contributed by atoms with Crippen molar-refractivity contribution >= 4 is 11.8 Å². The summed E-state index contributed by atoms with van der Waals surface area (Å²) in [5.41, 5.74) is 0.965. The number of hydrogen-bond donors (Lipinski definition) is 1. The van der Waals surface area contributed by atoms with Gasteiger partial charge in [0.1, 0.15) is 0 Å². The Kier molecular flexibility index (Phi) is 6.62. The van der Waals surface area contributed by atoms with Crippen molar-refractivity contribution in [3.8, 4) is 0 Å². The third-order valence-corrected chi connectivity index (χ3v) is 3.51. The van der Waals surface area contributed by atoms with Crippen molar-refractivity contribution in [3.63, 3.8) is 0 Å². The number of rotatable bonds is 8. The lowest BCUT2D eigenvalue weighted by Crippen LogP contribution is -2.28. The van der Waals surface area contributed by atoms with Crippen LogP contribution in [0.5, 0.6) is 0 Å². The molecule has 0 aliphatic heterocycles. The monoisotopic (exact) mass is 257 g/mol. The summed E-state index contributed by atoms with van der Waals surface area (Å²) in [5.74, 6) is 2.14. The highest BCUT2D eigenvalue weighted by molar-refractivity contribution is 7.98. The van der Waals surface area contributed by atoms with E-state index in [0.29, 0.717) is 6.04 Å². The minimum Gasteiger partial charge on any atom is -0.360 e. The van der Waals surface area contributed by atoms with Crippen molar-refractivity contribution < 1.29 is 4.52 Å². The molecule has 1 unspecified atom stereocenters. The second-order valence-corrected chi connectivity index (χ2v) is 5.35. The SMILES string of the molecule is CNCc1cc(CN(C)C(C)CCSC)on1. The van der Waals surface area contributed by atoms with Gasteiger partial charge in [0, 0.05) is 18.7 Å². The van der Waals surface area contributed by atoms with Gasteiger partial charge < -0.3 is 9.84 Å². The van der Waals surface area contributed by atoms with E-state index in [1.54, 1.807) is 0 Å². The van der Waals surface area contributed by atoms with Crippen molar-refractivity contribution in [1.29, 1.82) is 0 Å². The molecule has 98 valence electrons. The first-order valence-corrected chi connectivity index (χ1v) is 7.35. The maximum Gasteiger partial charge on any atom is 0.151 e. The first kappa shape index (κ1) is 14.5. The van der Waals surface area contributed by atoms with Gasteiger partial charge in [0.05, 0.1) is 12.2 Å². The van der Waals surface area contributed by atoms with Gasteiger partial charge in [-0.25, -0.2) is 0 Å². The zero-order valence-electron chi connectivity index (χ0n) is 11.2. The van der Waals surface area contributed by atoms with Crippen molar-refractivity contribution in [3.05, 3.63) is 17.5 Å². The number of thioether (sulfide) groups is 1. The third-order valence-electron chi connectivity index (χ3n) is 2.86. The molecular weight excluding hydrogens is 234 g/mol. The van der Waals surface area contributed by atoms with Crippen LogP contribution >= 0.6 is 11.8 Å². The molecule has 0 aliphatic carbocycles. The van der Waals surface area contributed by atoms with E-state index in [4.69, 9.17) is 4.52 Å². The highest BCUT2D eigenvalue weighted by atomic mass is 32.2. The highest BCUT2D eigenvalue weighted by Gasteiger charge is 2.12. The van der Waals surface area contributed by atoms with Gasteiger partial charge in [-0.2, -0.15) is 11.8 Å². The minimum absolute atomic E-state index is 0.570. The van der Waals surface area contributed by atoms with E-state index in [0.717, 1.165) is 24.5 Å². The van der Waals surface area contributed by atoms with E-state index in [-0.39, 0.29) is 0 Å². The first-order chi connectivity index (χ1) is 8.17. The van der Waals surface area contributed by atoms with Gasteiger partial charge in [-0.1, -0.05) is 5.16 Å². The minimum atomic E-state index is 0.570. The predicted molar refractivity (Wildman–Crippen MR) is 73.2 cm³/mol. The van der Waals surface area contributed by atoms with Gasteiger partial charge in [0.2, 0.25) is 0 Å². The molecule has 0 saturated heterocycles. The van der Waals surface area contributed by atoms with Crippen LogP contribution in [-0.4, -0.2) is 42.2 Å². The molecule has 0 radical (unpaired) electrons. The lowest BCUT2D eigenvalue weighted by molar-refractivity contribution is 0.215. The second-order valence-electron chi connectivity index (χ2n) is 4.36. The summed E-state index contributed by atoms with van der Waals surface area (Å²) in [6, 6.07) is 2.59. The number of nitrogens with zero attached hydrogens (tertiary/aromatic N) is 2. The van der Waals surface area contributed by atoms with Gasteiger partial charge in [0.15, 0.2) is 5.76 Å². The summed E-state index contributed by atoms with van der Waals surface area (Å²) < 4.78 is 5.31. The first-order valence-electron chi connectivity index (χ1n) is 5.95. The van der Waals surface area contributed by atoms with Crippen molar-refractivity contribution in [2.24, 2.45) is 0 Å². The third kappa shape index (κ3) is 5.10. The number of nitrogens with one attached hydrogen (secondary N) is 1. The van der Waals surface area contributed by atoms with E-state index >= 15 is 0 Å². The van der Waals surface area contributed by atoms with E-state index in [9.17, 15) is 0 Å². The van der Waals surface area contributed by atoms with Gasteiger partial charge in [-0.15, -0.1) is 0 Å². The number of hydrogen-bond acceptors (Lipinski definition) is 5. The van der Waals surface area contributed by atoms with Gasteiger partial charge in [0.25, 0.3) is 0 Å². The zero-order chi connectivity index (χ0) is 12.7. The quantitative estimate of drug-likeness (QED) is 0.771. The molecule has 0 aromatic carbocycles. The van der Waals surface area contributed by atoms with Crippen LogP contribution in [0, 0.1) is 0 Å². The fourth-order valence-corrected chi connectivity index (χ4v) is 2.18. The summed E-state index contributed by atoms with van der Waals surface area (Å²) in [5, 5.41) is 7.07. The van der Waals surface area contributed by atoms with E-state index in [1.165, 1.54) is 12.2 Å². The Hall–Kier alpha value is -0.520. The molecule has 0 spiro atoms. The molecule has 0 saturated carbocycles. The average molecular weight is 257 g/mol. The van der Waals surface area contributed by atoms with Crippen molar-refractivity contribution in [2.75, 3.05) is 26.1 Å². The van der Waals surface area contributed by atoms with Gasteiger partial charge in [-0.05, 0) is 39.4 Å². The van der Waals surface area contributed by atoms with Crippen LogP contribution in [0.3, 0.4) is 0 Å². The van der Waals surface area contributed by atoms with Crippen LogP contribution in [0.25, 0.3) is 0 Å². The maximum absolute atomic E-state index is 5.31. The summed E-state index contributed by atoms with van der Waals surface area (Å²) in [7, 11) is 4.04. The van der Waals surface area contributed by atoms with Crippen LogP contribution in [0.15, 0.2) is 10.6 Å². The molecule has 1 rings (SSSR count). The predicted octanol–water partition coefficient (Wildman–Crippen LogP) is 1.97. The van der Waals surface area contributed by atoms with Crippen LogP contribution in [0.1, 0.15) is 24.8 Å². The molecule has 0 bridgehead atoms. The molecule has 0 aliphatic rings. The Morgan fingerprint density at radius 1 is 1.59 bits per heavy atom. The summed E-state index contributed by atoms with van der Waals surface area (Å²) in [6.07, 6.45) is 3.35. The molecule has 1 atom stereocenters. The Morgan fingerprint density at radius 2 is 2.35 bits per heavy atom. The van der Waals surface area contributed by atoms with Crippen LogP contribution in [-0.2, 0) is 13.1 Å². The maximum atomic E-state index is 5.31. The molecule has 1 heterocycles. The Balaban J connectivity index is 2.40. The molecule has 1 aromatic rings. The lowest BCUT2D eigenvalue weighted by atomic mass is 10.2. The molecule has 5 heteroatoms. The van der Waals surface area contributed by atoms with Crippen molar-refractivity contribution in [1.82, 2.24) is 15.4 Å². The van der Waals surface area contributed by atoms with Gasteiger partial charge in [-0.3, -0.25) is 4.90 Å². The molecule has 17 heavy (non-hydrogen) atoms. The standard InChI is InChI=1S/C12H23N3OS/c1-10(5-6-17-4)15(3)9-12-7-11(8-13-2)14-16-12/h7,10,13H,5-6,8-9H2,1-4H3. The summed E-state index contributed by atoms with van der Waals surface area (Å²) >= 11 is 1.89. The second kappa shape index (κ2) is 7.74. The Labute approximate surface area is 108 Å². The van der Waals surface area contributed by atoms with Crippen molar-refractivity contribution in [2.45, 2.75) is 32.5 Å². The van der Waals surface area contributed by atoms with Crippen LogP contribution < -0.4 is 5.32 Å².